The molecule has 0 aromatic heterocycles. The highest BCUT2D eigenvalue weighted by Gasteiger charge is 2.80. The highest BCUT2D eigenvalue weighted by molar-refractivity contribution is 6.28. The van der Waals surface area contributed by atoms with Crippen molar-refractivity contribution in [3.8, 4) is 0 Å². The van der Waals surface area contributed by atoms with Gasteiger partial charge in [0, 0.05) is 19.5 Å². The van der Waals surface area contributed by atoms with Gasteiger partial charge in [-0.2, -0.15) is 0 Å². The number of aliphatic carboxylic acids is 2. The van der Waals surface area contributed by atoms with E-state index in [-0.39, 0.29) is 30.2 Å². The Morgan fingerprint density at radius 2 is 1.45 bits per heavy atom. The van der Waals surface area contributed by atoms with Gasteiger partial charge in [-0.25, -0.2) is 4.79 Å². The van der Waals surface area contributed by atoms with Gasteiger partial charge < -0.3 is 60.4 Å². The Morgan fingerprint density at radius 3 is 1.90 bits per heavy atom. The number of carboxylic acids is 2. The molecule has 1 fully saturated rings. The molecule has 6 atom stereocenters. The minimum atomic E-state index is -3.59. The number of nitrogens with zero attached hydrogens (tertiary/aromatic N) is 2. The summed E-state index contributed by atoms with van der Waals surface area (Å²) in [7, 11) is 0. The number of nitrogens with two attached hydrogens (primary N) is 7. The maximum Gasteiger partial charge on any atom is 0.339 e. The summed E-state index contributed by atoms with van der Waals surface area (Å²) in [6.45, 7) is -4.16. The largest absolute Gasteiger partial charge is 0.481 e. The quantitative estimate of drug-likeness (QED) is 0.0302. The van der Waals surface area contributed by atoms with Gasteiger partial charge in [0.2, 0.25) is 11.4 Å². The summed E-state index contributed by atoms with van der Waals surface area (Å²) in [4.78, 5) is 97.4. The molecular formula is C23H39N9O10. The molecule has 19 heteroatoms. The van der Waals surface area contributed by atoms with Gasteiger partial charge in [-0.15, -0.1) is 0 Å². The van der Waals surface area contributed by atoms with Crippen LogP contribution in [0.3, 0.4) is 0 Å². The van der Waals surface area contributed by atoms with Crippen molar-refractivity contribution in [2.45, 2.75) is 49.3 Å². The first-order valence-corrected chi connectivity index (χ1v) is 12.8. The maximum absolute atomic E-state index is 14.3. The first-order valence-electron chi connectivity index (χ1n) is 12.8. The molecule has 1 rings (SSSR count). The standard InChI is InChI=1S/C23H39N9O10/c24-6-14(34)10-8-32(19(40)13(28)9-33)23(20(41)42,18(39)12(27)3-4-16(36)37)22(10,15(35)7-25)17(38)11(26)2-1-5-31-21(29)30/h10-13,33H,1-9,24-28H2,(H,36,37)(H,41,42)(H4,29,30,31). The van der Waals surface area contributed by atoms with Crippen molar-refractivity contribution < 1.29 is 48.9 Å². The van der Waals surface area contributed by atoms with E-state index >= 15 is 0 Å². The number of carboxylic acid groups (broad SMARTS) is 2. The van der Waals surface area contributed by atoms with Crippen LogP contribution in [0.5, 0.6) is 0 Å². The molecule has 19 nitrogen and oxygen atoms in total. The van der Waals surface area contributed by atoms with Crippen molar-refractivity contribution in [3.63, 3.8) is 0 Å². The number of aliphatic hydroxyl groups excluding tert-OH is 1. The first kappa shape index (κ1) is 36.1. The van der Waals surface area contributed by atoms with Crippen LogP contribution in [0, 0.1) is 11.3 Å². The van der Waals surface area contributed by atoms with Crippen LogP contribution in [-0.2, 0) is 33.6 Å². The van der Waals surface area contributed by atoms with Crippen LogP contribution in [0.2, 0.25) is 0 Å². The summed E-state index contributed by atoms with van der Waals surface area (Å²) in [6.07, 6.45) is -1.73. The van der Waals surface area contributed by atoms with E-state index in [2.05, 4.69) is 4.99 Å². The van der Waals surface area contributed by atoms with Gasteiger partial charge in [-0.3, -0.25) is 33.8 Å². The predicted octanol–water partition coefficient (Wildman–Crippen LogP) is -6.66. The molecule has 1 aliphatic rings. The van der Waals surface area contributed by atoms with Gasteiger partial charge in [-0.05, 0) is 19.3 Å². The second kappa shape index (κ2) is 14.8. The Hall–Kier alpha value is -3.88. The lowest BCUT2D eigenvalue weighted by Gasteiger charge is -2.46. The summed E-state index contributed by atoms with van der Waals surface area (Å²) in [5.41, 5.74) is 32.6. The molecule has 17 N–H and O–H groups in total. The van der Waals surface area contributed by atoms with Crippen molar-refractivity contribution in [2.75, 3.05) is 32.8 Å². The predicted molar refractivity (Wildman–Crippen MR) is 144 cm³/mol. The van der Waals surface area contributed by atoms with Crippen LogP contribution < -0.4 is 40.1 Å². The monoisotopic (exact) mass is 601 g/mol. The van der Waals surface area contributed by atoms with Crippen LogP contribution in [0.25, 0.3) is 0 Å². The number of aliphatic imine (C=N–C) groups is 1. The summed E-state index contributed by atoms with van der Waals surface area (Å²) in [6, 6.07) is -5.63. The van der Waals surface area contributed by atoms with Crippen molar-refractivity contribution in [2.24, 2.45) is 56.5 Å². The molecule has 0 saturated carbocycles. The molecule has 42 heavy (non-hydrogen) atoms. The highest BCUT2D eigenvalue weighted by atomic mass is 16.4. The summed E-state index contributed by atoms with van der Waals surface area (Å²) in [5.74, 6) is -13.2. The van der Waals surface area contributed by atoms with Crippen molar-refractivity contribution in [1.82, 2.24) is 4.90 Å². The Kier molecular flexibility index (Phi) is 12.8. The lowest BCUT2D eigenvalue weighted by atomic mass is 9.55. The Bertz CT molecular complexity index is 1130. The van der Waals surface area contributed by atoms with Crippen LogP contribution in [-0.4, -0.2) is 124 Å². The number of hydrogen-bond donors (Lipinski definition) is 10. The van der Waals surface area contributed by atoms with Crippen LogP contribution >= 0.6 is 0 Å². The lowest BCUT2D eigenvalue weighted by Crippen LogP contribution is -2.76. The highest BCUT2D eigenvalue weighted by Crippen LogP contribution is 2.53. The normalized spacial score (nSPS) is 23.9. The maximum atomic E-state index is 14.3. The average Bonchev–Trinajstić information content (AvgIpc) is 3.28. The number of guanidine groups is 1. The van der Waals surface area contributed by atoms with Crippen molar-refractivity contribution in [3.05, 3.63) is 0 Å². The van der Waals surface area contributed by atoms with E-state index in [9.17, 15) is 43.8 Å². The van der Waals surface area contributed by atoms with E-state index in [1.807, 2.05) is 0 Å². The zero-order valence-corrected chi connectivity index (χ0v) is 22.8. The summed E-state index contributed by atoms with van der Waals surface area (Å²) in [5, 5.41) is 29.4. The molecular weight excluding hydrogens is 562 g/mol. The third kappa shape index (κ3) is 6.45. The van der Waals surface area contributed by atoms with Crippen molar-refractivity contribution >= 4 is 46.9 Å². The molecule has 0 bridgehead atoms. The van der Waals surface area contributed by atoms with Gasteiger partial charge in [0.1, 0.15) is 11.5 Å². The van der Waals surface area contributed by atoms with Gasteiger partial charge in [-0.1, -0.05) is 0 Å². The second-order valence-corrected chi connectivity index (χ2v) is 9.73. The van der Waals surface area contributed by atoms with Crippen molar-refractivity contribution in [1.29, 1.82) is 0 Å². The fraction of sp³-hybridized carbons (Fsp3) is 0.652. The molecule has 0 radical (unpaired) electrons. The Labute approximate surface area is 239 Å². The summed E-state index contributed by atoms with van der Waals surface area (Å²) < 4.78 is 0. The molecule has 6 unspecified atom stereocenters. The molecule has 1 saturated heterocycles. The van der Waals surface area contributed by atoms with Gasteiger partial charge in [0.05, 0.1) is 37.7 Å². The minimum absolute atomic E-state index is 0.0113. The van der Waals surface area contributed by atoms with E-state index in [0.717, 1.165) is 0 Å². The fourth-order valence-electron chi connectivity index (χ4n) is 5.32. The number of aliphatic hydroxyl groups is 1. The van der Waals surface area contributed by atoms with E-state index in [0.29, 0.717) is 0 Å². The second-order valence-electron chi connectivity index (χ2n) is 9.73. The number of rotatable bonds is 18. The molecule has 0 aromatic rings. The zero-order valence-electron chi connectivity index (χ0n) is 22.8. The molecule has 0 aromatic carbocycles. The number of amides is 1. The number of Topliss-reactive ketones (excluding diaryl/α,β-unsaturated/α-hetero) is 4. The Balaban J connectivity index is 4.22. The third-order valence-electron chi connectivity index (χ3n) is 7.22. The fourth-order valence-corrected chi connectivity index (χ4v) is 5.32. The number of carbonyl (C=O) groups is 7. The lowest BCUT2D eigenvalue weighted by molar-refractivity contribution is -0.177. The number of ketones is 4. The molecule has 1 aliphatic heterocycles. The SMILES string of the molecule is NCC(=O)C1CN(C(=O)C(N)CO)C(C(=O)O)(C(=O)C(N)CCC(=O)O)C1(C(=O)CN)C(=O)C(N)CCCN=C(N)N. The minimum Gasteiger partial charge on any atom is -0.481 e. The van der Waals surface area contributed by atoms with Crippen LogP contribution in [0.15, 0.2) is 4.99 Å². The first-order chi connectivity index (χ1) is 19.5. The zero-order chi connectivity index (χ0) is 32.6. The molecule has 1 heterocycles. The molecule has 236 valence electrons. The third-order valence-corrected chi connectivity index (χ3v) is 7.22. The van der Waals surface area contributed by atoms with Gasteiger partial charge in [0.25, 0.3) is 0 Å². The van der Waals surface area contributed by atoms with Gasteiger partial charge >= 0.3 is 11.9 Å². The number of hydrogen-bond acceptors (Lipinski definition) is 14. The molecule has 0 aliphatic carbocycles. The van der Waals surface area contributed by atoms with E-state index < -0.39 is 115 Å². The topological polar surface area (TPSA) is 378 Å². The number of carbonyl (C=O) groups excluding carboxylic acids is 5. The molecule has 0 spiro atoms. The van der Waals surface area contributed by atoms with E-state index in [1.165, 1.54) is 0 Å². The van der Waals surface area contributed by atoms with E-state index in [4.69, 9.17) is 45.2 Å². The van der Waals surface area contributed by atoms with E-state index in [1.54, 1.807) is 0 Å². The van der Waals surface area contributed by atoms with Gasteiger partial charge in [0.15, 0.2) is 29.1 Å². The number of likely N-dealkylation sites (tertiary alicyclic amines) is 1. The van der Waals surface area contributed by atoms with Crippen LogP contribution in [0.4, 0.5) is 0 Å². The summed E-state index contributed by atoms with van der Waals surface area (Å²) >= 11 is 0. The average molecular weight is 602 g/mol. The molecule has 1 amide bonds. The Morgan fingerprint density at radius 1 is 0.881 bits per heavy atom. The smallest absolute Gasteiger partial charge is 0.339 e. The van der Waals surface area contributed by atoms with Crippen LogP contribution in [0.1, 0.15) is 25.7 Å².